The second-order valence-electron chi connectivity index (χ2n) is 4.74. The highest BCUT2D eigenvalue weighted by Gasteiger charge is 2.54. The summed E-state index contributed by atoms with van der Waals surface area (Å²) in [7, 11) is 1.26. The van der Waals surface area contributed by atoms with Crippen LogP contribution >= 0.6 is 0 Å². The Kier molecular flexibility index (Phi) is 5.33. The molecule has 1 aromatic carbocycles. The molecule has 0 heterocycles. The van der Waals surface area contributed by atoms with Crippen molar-refractivity contribution in [2.45, 2.75) is 37.5 Å². The van der Waals surface area contributed by atoms with Crippen molar-refractivity contribution >= 4 is 6.29 Å². The van der Waals surface area contributed by atoms with E-state index in [0.717, 1.165) is 12.1 Å². The van der Waals surface area contributed by atoms with Gasteiger partial charge in [-0.05, 0) is 30.4 Å². The topological polar surface area (TPSA) is 46.5 Å². The molecule has 0 aliphatic rings. The predicted octanol–water partition coefficient (Wildman–Crippen LogP) is 3.21. The summed E-state index contributed by atoms with van der Waals surface area (Å²) in [5.74, 6) is -1.32. The molecule has 0 aliphatic carbocycles. The first-order valence-electron chi connectivity index (χ1n) is 6.27. The van der Waals surface area contributed by atoms with Crippen molar-refractivity contribution in [3.63, 3.8) is 0 Å². The molecule has 3 nitrogen and oxygen atoms in total. The minimum atomic E-state index is -5.07. The molecular formula is C14H16F4O3. The number of aliphatic hydroxyl groups is 1. The van der Waals surface area contributed by atoms with Gasteiger partial charge in [-0.1, -0.05) is 13.0 Å². The van der Waals surface area contributed by atoms with Crippen molar-refractivity contribution in [2.75, 3.05) is 7.11 Å². The molecule has 0 saturated heterocycles. The van der Waals surface area contributed by atoms with E-state index in [-0.39, 0.29) is 12.2 Å². The van der Waals surface area contributed by atoms with E-state index < -0.39 is 36.2 Å². The number of carbonyl (C=O) groups excluding carboxylic acids is 1. The van der Waals surface area contributed by atoms with E-state index in [4.69, 9.17) is 4.74 Å². The molecule has 0 fully saturated rings. The molecule has 21 heavy (non-hydrogen) atoms. The number of hydrogen-bond acceptors (Lipinski definition) is 3. The molecule has 0 saturated carbocycles. The number of ether oxygens (including phenoxy) is 1. The first kappa shape index (κ1) is 17.4. The summed E-state index contributed by atoms with van der Waals surface area (Å²) < 4.78 is 56.5. The van der Waals surface area contributed by atoms with Gasteiger partial charge in [0.1, 0.15) is 11.6 Å². The van der Waals surface area contributed by atoms with Crippen molar-refractivity contribution < 1.29 is 32.2 Å². The Balaban J connectivity index is 3.17. The van der Waals surface area contributed by atoms with E-state index in [1.165, 1.54) is 13.2 Å². The Labute approximate surface area is 119 Å². The molecule has 0 aliphatic heterocycles. The fourth-order valence-electron chi connectivity index (χ4n) is 2.10. The lowest BCUT2D eigenvalue weighted by molar-refractivity contribution is -0.247. The summed E-state index contributed by atoms with van der Waals surface area (Å²) in [6.45, 7) is 1.61. The van der Waals surface area contributed by atoms with E-state index in [1.54, 1.807) is 6.92 Å². The van der Waals surface area contributed by atoms with E-state index in [9.17, 15) is 27.5 Å². The van der Waals surface area contributed by atoms with Gasteiger partial charge < -0.3 is 9.84 Å². The standard InChI is InChI=1S/C14H16F4O3/c1-3-9(7-13(20,8-19)14(16,17)18)11-5-4-10(15)6-12(11)21-2/h4-6,8-9,20H,3,7H2,1-2H3/t9?,13-/m1/s1. The van der Waals surface area contributed by atoms with Crippen molar-refractivity contribution in [2.24, 2.45) is 0 Å². The Morgan fingerprint density at radius 3 is 2.43 bits per heavy atom. The molecule has 1 unspecified atom stereocenters. The summed E-state index contributed by atoms with van der Waals surface area (Å²) >= 11 is 0. The highest BCUT2D eigenvalue weighted by Crippen LogP contribution is 2.40. The Bertz CT molecular complexity index is 501. The van der Waals surface area contributed by atoms with Crippen LogP contribution < -0.4 is 4.74 Å². The van der Waals surface area contributed by atoms with Crippen molar-refractivity contribution in [3.8, 4) is 5.75 Å². The average Bonchev–Trinajstić information content (AvgIpc) is 2.43. The third-order valence-electron chi connectivity index (χ3n) is 3.37. The monoisotopic (exact) mass is 308 g/mol. The van der Waals surface area contributed by atoms with Crippen LogP contribution in [-0.2, 0) is 4.79 Å². The number of alkyl halides is 3. The third-order valence-corrected chi connectivity index (χ3v) is 3.37. The van der Waals surface area contributed by atoms with E-state index in [2.05, 4.69) is 0 Å². The van der Waals surface area contributed by atoms with Crippen LogP contribution in [-0.4, -0.2) is 30.3 Å². The lowest BCUT2D eigenvalue weighted by atomic mass is 9.84. The molecule has 0 radical (unpaired) electrons. The minimum Gasteiger partial charge on any atom is -0.496 e. The highest BCUT2D eigenvalue weighted by atomic mass is 19.4. The summed E-state index contributed by atoms with van der Waals surface area (Å²) in [6.07, 6.45) is -6.21. The van der Waals surface area contributed by atoms with Crippen LogP contribution in [0.15, 0.2) is 18.2 Å². The van der Waals surface area contributed by atoms with Crippen molar-refractivity contribution in [1.82, 2.24) is 0 Å². The average molecular weight is 308 g/mol. The zero-order chi connectivity index (χ0) is 16.3. The quantitative estimate of drug-likeness (QED) is 0.648. The molecule has 2 atom stereocenters. The number of carbonyl (C=O) groups is 1. The number of halogens is 4. The van der Waals surface area contributed by atoms with Crippen LogP contribution in [0.3, 0.4) is 0 Å². The fourth-order valence-corrected chi connectivity index (χ4v) is 2.10. The largest absolute Gasteiger partial charge is 0.496 e. The van der Waals surface area contributed by atoms with Crippen LogP contribution in [0.5, 0.6) is 5.75 Å². The SMILES string of the molecule is CCC(C[C@@](O)(C=O)C(F)(F)F)c1ccc(F)cc1OC. The van der Waals surface area contributed by atoms with Gasteiger partial charge in [-0.3, -0.25) is 4.79 Å². The van der Waals surface area contributed by atoms with Gasteiger partial charge in [0.15, 0.2) is 6.29 Å². The molecule has 0 bridgehead atoms. The zero-order valence-corrected chi connectivity index (χ0v) is 11.6. The van der Waals surface area contributed by atoms with Crippen molar-refractivity contribution in [3.05, 3.63) is 29.6 Å². The van der Waals surface area contributed by atoms with E-state index in [1.807, 2.05) is 0 Å². The fraction of sp³-hybridized carbons (Fsp3) is 0.500. The van der Waals surface area contributed by atoms with Gasteiger partial charge in [-0.25, -0.2) is 4.39 Å². The summed E-state index contributed by atoms with van der Waals surface area (Å²) in [5, 5.41) is 9.53. The molecule has 0 spiro atoms. The van der Waals surface area contributed by atoms with Crippen LogP contribution in [0.4, 0.5) is 17.6 Å². The molecular weight excluding hydrogens is 292 g/mol. The number of benzene rings is 1. The van der Waals surface area contributed by atoms with Crippen LogP contribution in [0, 0.1) is 5.82 Å². The van der Waals surface area contributed by atoms with Crippen molar-refractivity contribution in [1.29, 1.82) is 0 Å². The van der Waals surface area contributed by atoms with Gasteiger partial charge in [0, 0.05) is 6.07 Å². The number of aldehydes is 1. The summed E-state index contributed by atoms with van der Waals surface area (Å²) in [6, 6.07) is 3.43. The summed E-state index contributed by atoms with van der Waals surface area (Å²) in [5.41, 5.74) is -3.13. The van der Waals surface area contributed by atoms with Crippen LogP contribution in [0.2, 0.25) is 0 Å². The molecule has 1 N–H and O–H groups in total. The Morgan fingerprint density at radius 2 is 2.00 bits per heavy atom. The van der Waals surface area contributed by atoms with Gasteiger partial charge >= 0.3 is 6.18 Å². The molecule has 1 aromatic rings. The predicted molar refractivity (Wildman–Crippen MR) is 67.7 cm³/mol. The van der Waals surface area contributed by atoms with Crippen LogP contribution in [0.1, 0.15) is 31.2 Å². The first-order chi connectivity index (χ1) is 9.68. The smallest absolute Gasteiger partial charge is 0.424 e. The van der Waals surface area contributed by atoms with Gasteiger partial charge in [0.2, 0.25) is 5.60 Å². The van der Waals surface area contributed by atoms with Gasteiger partial charge in [-0.2, -0.15) is 13.2 Å². The second kappa shape index (κ2) is 6.43. The molecule has 0 amide bonds. The maximum absolute atomic E-state index is 13.1. The molecule has 0 aromatic heterocycles. The second-order valence-corrected chi connectivity index (χ2v) is 4.74. The normalized spacial score (nSPS) is 16.1. The minimum absolute atomic E-state index is 0.0808. The Morgan fingerprint density at radius 1 is 1.38 bits per heavy atom. The van der Waals surface area contributed by atoms with Gasteiger partial charge in [-0.15, -0.1) is 0 Å². The third kappa shape index (κ3) is 3.72. The summed E-state index contributed by atoms with van der Waals surface area (Å²) in [4.78, 5) is 10.7. The van der Waals surface area contributed by atoms with Gasteiger partial charge in [0.05, 0.1) is 7.11 Å². The maximum atomic E-state index is 13.1. The van der Waals surface area contributed by atoms with E-state index >= 15 is 0 Å². The first-order valence-corrected chi connectivity index (χ1v) is 6.27. The van der Waals surface area contributed by atoms with E-state index in [0.29, 0.717) is 5.56 Å². The van der Waals surface area contributed by atoms with Gasteiger partial charge in [0.25, 0.3) is 0 Å². The highest BCUT2D eigenvalue weighted by molar-refractivity contribution is 5.64. The molecule has 118 valence electrons. The molecule has 7 heteroatoms. The maximum Gasteiger partial charge on any atom is 0.424 e. The molecule has 1 rings (SSSR count). The zero-order valence-electron chi connectivity index (χ0n) is 11.6. The number of rotatable bonds is 6. The lowest BCUT2D eigenvalue weighted by Gasteiger charge is -2.29. The van der Waals surface area contributed by atoms with Crippen LogP contribution in [0.25, 0.3) is 0 Å². The number of hydrogen-bond donors (Lipinski definition) is 1. The Hall–Kier alpha value is -1.63. The number of methoxy groups -OCH3 is 1. The lowest BCUT2D eigenvalue weighted by Crippen LogP contribution is -2.47.